The van der Waals surface area contributed by atoms with Crippen LogP contribution in [0.4, 0.5) is 4.79 Å². The Balaban J connectivity index is 2.00. The summed E-state index contributed by atoms with van der Waals surface area (Å²) >= 11 is 0. The smallest absolute Gasteiger partial charge is 0.407 e. The van der Waals surface area contributed by atoms with E-state index in [1.807, 2.05) is 13.8 Å². The van der Waals surface area contributed by atoms with Crippen LogP contribution in [0.1, 0.15) is 95.4 Å². The molecule has 0 radical (unpaired) electrons. The van der Waals surface area contributed by atoms with Gasteiger partial charge in [-0.15, -0.1) is 0 Å². The van der Waals surface area contributed by atoms with Crippen molar-refractivity contribution in [3.05, 3.63) is 32.7 Å². The minimum atomic E-state index is -4.17. The molecule has 0 saturated heterocycles. The van der Waals surface area contributed by atoms with Crippen LogP contribution in [0.15, 0.2) is 15.0 Å². The van der Waals surface area contributed by atoms with Crippen molar-refractivity contribution in [2.24, 2.45) is 15.8 Å². The number of hydrogen-bond donors (Lipinski definition) is 7. The minimum Gasteiger partial charge on any atom is -0.487 e. The van der Waals surface area contributed by atoms with E-state index in [2.05, 4.69) is 41.0 Å². The number of benzene rings is 1. The number of guanidine groups is 1. The number of azide groups is 1. The molecular formula is C41H68N10O13S. The predicted molar refractivity (Wildman–Crippen MR) is 239 cm³/mol. The molecule has 366 valence electrons. The summed E-state index contributed by atoms with van der Waals surface area (Å²) in [5.41, 5.74) is 15.7. The van der Waals surface area contributed by atoms with E-state index in [1.54, 1.807) is 41.5 Å². The third kappa shape index (κ3) is 21.0. The fourth-order valence-electron chi connectivity index (χ4n) is 6.53. The molecule has 65 heavy (non-hydrogen) atoms. The molecular weight excluding hydrogens is 873 g/mol. The molecule has 0 aliphatic carbocycles. The highest BCUT2D eigenvalue weighted by Gasteiger charge is 2.37. The van der Waals surface area contributed by atoms with Crippen LogP contribution in [0.5, 0.6) is 5.75 Å². The number of aliphatic imine (C=N–C) groups is 1. The number of rotatable bonds is 29. The number of aliphatic carboxylic acids is 1. The molecule has 23 nitrogen and oxygen atoms in total. The average molecular weight is 941 g/mol. The highest BCUT2D eigenvalue weighted by Crippen LogP contribution is 2.43. The number of alkyl carbamates (subject to hydrolysis) is 1. The van der Waals surface area contributed by atoms with Crippen molar-refractivity contribution in [1.29, 1.82) is 0 Å². The lowest BCUT2D eigenvalue weighted by atomic mass is 9.94. The van der Waals surface area contributed by atoms with E-state index in [0.717, 1.165) is 5.56 Å². The molecule has 0 fully saturated rings. The standard InChI is InChI=1S/C41H68N10O13S/c1-26-27(2)35(28(3)29-24-41(7,8)63-34(26)29)65(58,59)50-38(42)44-16-11-13-30(48-32(52)14-18-60-20-22-62-23-21-61-19-17-47-51-43)36(54)46-25-33(53)49-31(37(55)56)12-9-10-15-45-39(57)64-40(4,5)6/h30-31H,9-25H2,1-8H3,(H,45,57)(H,46,54)(H,48,52)(H,49,53)(H,55,56)(H3,42,44,50)/t30-,31-/m0/s1. The molecule has 0 spiro atoms. The Morgan fingerprint density at radius 1 is 0.862 bits per heavy atom. The van der Waals surface area contributed by atoms with Crippen molar-refractivity contribution in [2.45, 2.75) is 129 Å². The van der Waals surface area contributed by atoms with Crippen molar-refractivity contribution in [3.8, 4) is 5.75 Å². The van der Waals surface area contributed by atoms with Crippen molar-refractivity contribution < 1.29 is 61.2 Å². The molecule has 1 aliphatic rings. The Kier molecular flexibility index (Phi) is 23.3. The molecule has 1 aromatic carbocycles. The monoisotopic (exact) mass is 940 g/mol. The van der Waals surface area contributed by atoms with Crippen LogP contribution in [-0.4, -0.2) is 138 Å². The highest BCUT2D eigenvalue weighted by molar-refractivity contribution is 7.90. The average Bonchev–Trinajstić information content (AvgIpc) is 3.54. The van der Waals surface area contributed by atoms with Crippen LogP contribution in [0.2, 0.25) is 0 Å². The van der Waals surface area contributed by atoms with Gasteiger partial charge in [-0.25, -0.2) is 22.7 Å². The number of amides is 4. The number of unbranched alkanes of at least 4 members (excludes halogenated alkanes) is 1. The van der Waals surface area contributed by atoms with Crippen LogP contribution < -0.4 is 36.5 Å². The maximum Gasteiger partial charge on any atom is 0.407 e. The van der Waals surface area contributed by atoms with Gasteiger partial charge in [-0.1, -0.05) is 5.11 Å². The van der Waals surface area contributed by atoms with Crippen LogP contribution in [-0.2, 0) is 54.6 Å². The predicted octanol–water partition coefficient (Wildman–Crippen LogP) is 2.31. The molecule has 4 amide bonds. The van der Waals surface area contributed by atoms with Crippen molar-refractivity contribution in [3.63, 3.8) is 0 Å². The van der Waals surface area contributed by atoms with Crippen molar-refractivity contribution in [1.82, 2.24) is 26.0 Å². The topological polar surface area (TPSA) is 333 Å². The Morgan fingerprint density at radius 3 is 2.11 bits per heavy atom. The fraction of sp³-hybridized carbons (Fsp3) is 0.707. The van der Waals surface area contributed by atoms with Crippen molar-refractivity contribution in [2.75, 3.05) is 65.8 Å². The van der Waals surface area contributed by atoms with Gasteiger partial charge in [-0.05, 0) is 110 Å². The van der Waals surface area contributed by atoms with Gasteiger partial charge in [0.05, 0.1) is 51.1 Å². The van der Waals surface area contributed by atoms with Gasteiger partial charge in [-0.3, -0.25) is 19.4 Å². The maximum atomic E-state index is 13.6. The Hall–Kier alpha value is -5.42. The van der Waals surface area contributed by atoms with E-state index in [4.69, 9.17) is 34.9 Å². The number of fused-ring (bicyclic) bond motifs is 1. The number of nitrogens with two attached hydrogens (primary N) is 1. The zero-order chi connectivity index (χ0) is 48.8. The van der Waals surface area contributed by atoms with Gasteiger partial charge in [0.2, 0.25) is 23.7 Å². The Bertz CT molecular complexity index is 1980. The largest absolute Gasteiger partial charge is 0.487 e. The van der Waals surface area contributed by atoms with Crippen molar-refractivity contribution >= 4 is 45.8 Å². The Labute approximate surface area is 380 Å². The molecule has 1 aliphatic heterocycles. The summed E-state index contributed by atoms with van der Waals surface area (Å²) in [6, 6.07) is -2.45. The third-order valence-electron chi connectivity index (χ3n) is 9.64. The zero-order valence-corrected chi connectivity index (χ0v) is 39.6. The number of sulfonamides is 1. The third-order valence-corrected chi connectivity index (χ3v) is 11.3. The second-order valence-corrected chi connectivity index (χ2v) is 18.4. The van der Waals surface area contributed by atoms with Gasteiger partial charge >= 0.3 is 12.1 Å². The summed E-state index contributed by atoms with van der Waals surface area (Å²) in [7, 11) is -4.17. The van der Waals surface area contributed by atoms with Crippen LogP contribution in [0.3, 0.4) is 0 Å². The SMILES string of the molecule is Cc1c(C)c(S(=O)(=O)NC(N)=NCCC[C@H](NC(=O)CCOCCOCCOCCN=[N+]=[N-])C(=O)NCC(=O)N[C@@H](CCCCNC(=O)OC(C)(C)C)C(=O)O)c(C)c2c1OC(C)(C)C2. The van der Waals surface area contributed by atoms with E-state index in [9.17, 15) is 37.5 Å². The molecule has 24 heteroatoms. The van der Waals surface area contributed by atoms with E-state index in [0.29, 0.717) is 48.3 Å². The fourth-order valence-corrected chi connectivity index (χ4v) is 8.05. The van der Waals surface area contributed by atoms with Gasteiger partial charge in [0, 0.05) is 43.0 Å². The molecule has 8 N–H and O–H groups in total. The molecule has 2 atom stereocenters. The summed E-state index contributed by atoms with van der Waals surface area (Å²) in [6.07, 6.45) is 0.737. The minimum absolute atomic E-state index is 0.00328. The number of ether oxygens (including phenoxy) is 5. The number of hydrogen-bond acceptors (Lipinski definition) is 14. The van der Waals surface area contributed by atoms with Gasteiger partial charge in [0.1, 0.15) is 29.0 Å². The van der Waals surface area contributed by atoms with Gasteiger partial charge < -0.3 is 55.8 Å². The summed E-state index contributed by atoms with van der Waals surface area (Å²) in [5, 5.41) is 23.0. The first-order valence-corrected chi connectivity index (χ1v) is 22.9. The van der Waals surface area contributed by atoms with Crippen LogP contribution in [0, 0.1) is 20.8 Å². The maximum absolute atomic E-state index is 13.6. The molecule has 2 rings (SSSR count). The molecule has 0 unspecified atom stereocenters. The number of nitrogens with zero attached hydrogens (tertiary/aromatic N) is 4. The summed E-state index contributed by atoms with van der Waals surface area (Å²) < 4.78 is 56.9. The second-order valence-electron chi connectivity index (χ2n) is 16.8. The molecule has 0 saturated carbocycles. The first-order chi connectivity index (χ1) is 30.5. The Morgan fingerprint density at radius 2 is 1.48 bits per heavy atom. The lowest BCUT2D eigenvalue weighted by Crippen LogP contribution is -2.51. The number of carbonyl (C=O) groups excluding carboxylic acids is 4. The molecule has 0 aromatic heterocycles. The number of nitrogens with one attached hydrogen (secondary N) is 5. The molecule has 1 aromatic rings. The molecule has 1 heterocycles. The van der Waals surface area contributed by atoms with E-state index < -0.39 is 69.6 Å². The number of carboxylic acid groups (broad SMARTS) is 1. The first-order valence-electron chi connectivity index (χ1n) is 21.4. The zero-order valence-electron chi connectivity index (χ0n) is 38.8. The van der Waals surface area contributed by atoms with Gasteiger partial charge in [-0.2, -0.15) is 0 Å². The normalized spacial score (nSPS) is 14.2. The van der Waals surface area contributed by atoms with E-state index in [1.165, 1.54) is 0 Å². The quantitative estimate of drug-likeness (QED) is 0.0151. The summed E-state index contributed by atoms with van der Waals surface area (Å²) in [6.45, 7) is 15.3. The van der Waals surface area contributed by atoms with Gasteiger partial charge in [0.25, 0.3) is 10.0 Å². The first kappa shape index (κ1) is 55.7. The lowest BCUT2D eigenvalue weighted by molar-refractivity contribution is -0.142. The van der Waals surface area contributed by atoms with E-state index >= 15 is 0 Å². The lowest BCUT2D eigenvalue weighted by Gasteiger charge is -2.20. The second kappa shape index (κ2) is 27.1. The highest BCUT2D eigenvalue weighted by atomic mass is 32.2. The summed E-state index contributed by atoms with van der Waals surface area (Å²) in [5.74, 6) is -3.07. The van der Waals surface area contributed by atoms with E-state index in [-0.39, 0.29) is 89.2 Å². The molecule has 0 bridgehead atoms. The van der Waals surface area contributed by atoms with Crippen LogP contribution in [0.25, 0.3) is 10.4 Å². The number of carboxylic acids is 1. The van der Waals surface area contributed by atoms with Gasteiger partial charge in [0.15, 0.2) is 0 Å². The number of carbonyl (C=O) groups is 5. The summed E-state index contributed by atoms with van der Waals surface area (Å²) in [4.78, 5) is 69.6. The van der Waals surface area contributed by atoms with Crippen LogP contribution >= 0.6 is 0 Å².